The molecule has 112 valence electrons. The Labute approximate surface area is 130 Å². The van der Waals surface area contributed by atoms with Crippen LogP contribution in [0, 0.1) is 0 Å². The predicted octanol–water partition coefficient (Wildman–Crippen LogP) is 3.68. The molecule has 2 aromatic heterocycles. The lowest BCUT2D eigenvalue weighted by atomic mass is 10.1. The van der Waals surface area contributed by atoms with Crippen LogP contribution in [0.25, 0.3) is 10.9 Å². The van der Waals surface area contributed by atoms with E-state index in [-0.39, 0.29) is 17.3 Å². The summed E-state index contributed by atoms with van der Waals surface area (Å²) in [6, 6.07) is 4.67. The van der Waals surface area contributed by atoms with Gasteiger partial charge in [0.1, 0.15) is 0 Å². The Hall–Kier alpha value is -2.47. The number of nitrogens with zero attached hydrogens (tertiary/aromatic N) is 1. The summed E-state index contributed by atoms with van der Waals surface area (Å²) >= 11 is 1.33. The fraction of sp³-hybridized carbons (Fsp3) is 0.188. The fourth-order valence-electron chi connectivity index (χ4n) is 2.22. The van der Waals surface area contributed by atoms with Crippen molar-refractivity contribution in [3.63, 3.8) is 0 Å². The molecule has 5 nitrogen and oxygen atoms in total. The minimum Gasteiger partial charge on any atom is -0.478 e. The molecule has 0 aliphatic rings. The first kappa shape index (κ1) is 14.5. The third-order valence-electron chi connectivity index (χ3n) is 3.48. The number of rotatable bonds is 4. The largest absolute Gasteiger partial charge is 0.478 e. The molecule has 2 N–H and O–H groups in total. The van der Waals surface area contributed by atoms with Crippen LogP contribution in [0.4, 0.5) is 0 Å². The van der Waals surface area contributed by atoms with Gasteiger partial charge in [0.05, 0.1) is 16.8 Å². The van der Waals surface area contributed by atoms with Gasteiger partial charge in [0.2, 0.25) is 5.78 Å². The molecule has 0 amide bonds. The van der Waals surface area contributed by atoms with E-state index >= 15 is 0 Å². The highest BCUT2D eigenvalue weighted by atomic mass is 32.1. The highest BCUT2D eigenvalue weighted by Crippen LogP contribution is 2.25. The number of carboxylic acids is 1. The number of thiazole rings is 1. The van der Waals surface area contributed by atoms with E-state index in [1.165, 1.54) is 23.5 Å². The maximum absolute atomic E-state index is 12.6. The van der Waals surface area contributed by atoms with Gasteiger partial charge in [0, 0.05) is 22.5 Å². The molecule has 3 aromatic rings. The minimum atomic E-state index is -0.995. The van der Waals surface area contributed by atoms with Crippen molar-refractivity contribution in [1.82, 2.24) is 9.97 Å². The zero-order chi connectivity index (χ0) is 15.9. The van der Waals surface area contributed by atoms with Gasteiger partial charge < -0.3 is 10.1 Å². The van der Waals surface area contributed by atoms with Crippen LogP contribution in [-0.4, -0.2) is 26.8 Å². The molecule has 0 radical (unpaired) electrons. The molecule has 1 aromatic carbocycles. The highest BCUT2D eigenvalue weighted by Gasteiger charge is 2.19. The molecule has 0 aliphatic carbocycles. The average Bonchev–Trinajstić information content (AvgIpc) is 3.13. The Morgan fingerprint density at radius 1 is 1.32 bits per heavy atom. The van der Waals surface area contributed by atoms with Gasteiger partial charge >= 0.3 is 5.97 Å². The number of nitrogens with one attached hydrogen (secondary N) is 1. The lowest BCUT2D eigenvalue weighted by Gasteiger charge is -1.98. The summed E-state index contributed by atoms with van der Waals surface area (Å²) in [6.45, 7) is 4.06. The number of carbonyl (C=O) groups is 2. The fourth-order valence-corrected chi connectivity index (χ4v) is 3.15. The van der Waals surface area contributed by atoms with Gasteiger partial charge in [-0.25, -0.2) is 9.78 Å². The lowest BCUT2D eigenvalue weighted by molar-refractivity contribution is 0.0697. The molecule has 22 heavy (non-hydrogen) atoms. The zero-order valence-corrected chi connectivity index (χ0v) is 12.9. The number of aromatic amines is 1. The topological polar surface area (TPSA) is 83.0 Å². The van der Waals surface area contributed by atoms with E-state index in [1.807, 2.05) is 19.2 Å². The van der Waals surface area contributed by atoms with Crippen LogP contribution in [0.1, 0.15) is 51.2 Å². The Bertz CT molecular complexity index is 877. The van der Waals surface area contributed by atoms with Crippen molar-refractivity contribution in [2.24, 2.45) is 0 Å². The molecule has 0 saturated carbocycles. The van der Waals surface area contributed by atoms with Crippen molar-refractivity contribution in [2.75, 3.05) is 0 Å². The Morgan fingerprint density at radius 2 is 2.09 bits per heavy atom. The zero-order valence-electron chi connectivity index (χ0n) is 12.1. The summed E-state index contributed by atoms with van der Waals surface area (Å²) < 4.78 is 0. The van der Waals surface area contributed by atoms with E-state index in [9.17, 15) is 9.59 Å². The molecule has 3 rings (SSSR count). The van der Waals surface area contributed by atoms with E-state index in [4.69, 9.17) is 5.11 Å². The third kappa shape index (κ3) is 2.42. The molecule has 0 bridgehead atoms. The molecule has 0 saturated heterocycles. The van der Waals surface area contributed by atoms with Gasteiger partial charge in [0.15, 0.2) is 5.01 Å². The molecule has 0 fully saturated rings. The average molecular weight is 314 g/mol. The number of benzene rings is 1. The number of carboxylic acid groups (broad SMARTS) is 1. The third-order valence-corrected chi connectivity index (χ3v) is 4.34. The number of hydrogen-bond acceptors (Lipinski definition) is 4. The highest BCUT2D eigenvalue weighted by molar-refractivity contribution is 7.12. The normalized spacial score (nSPS) is 11.2. The molecule has 0 aliphatic heterocycles. The molecule has 0 atom stereocenters. The van der Waals surface area contributed by atoms with E-state index in [0.29, 0.717) is 21.5 Å². The van der Waals surface area contributed by atoms with Crippen LogP contribution in [0.5, 0.6) is 0 Å². The second kappa shape index (κ2) is 5.38. The standard InChI is InChI=1S/C16H14N2O3S/c1-8(2)13-7-22-15(18-13)14(19)11-6-17-12-5-9(16(20)21)3-4-10(11)12/h3-8,17H,1-2H3,(H,20,21). The van der Waals surface area contributed by atoms with Crippen LogP contribution in [0.2, 0.25) is 0 Å². The number of hydrogen-bond donors (Lipinski definition) is 2. The van der Waals surface area contributed by atoms with Crippen LogP contribution in [0.3, 0.4) is 0 Å². The molecular formula is C16H14N2O3S. The van der Waals surface area contributed by atoms with Gasteiger partial charge in [-0.05, 0) is 18.1 Å². The number of fused-ring (bicyclic) bond motifs is 1. The summed E-state index contributed by atoms with van der Waals surface area (Å²) in [5.41, 5.74) is 2.23. The Morgan fingerprint density at radius 3 is 2.73 bits per heavy atom. The first-order valence-electron chi connectivity index (χ1n) is 6.82. The van der Waals surface area contributed by atoms with Gasteiger partial charge in [-0.2, -0.15) is 0 Å². The Kier molecular flexibility index (Phi) is 3.54. The molecule has 0 spiro atoms. The number of aromatic carboxylic acids is 1. The summed E-state index contributed by atoms with van der Waals surface area (Å²) in [6.07, 6.45) is 1.61. The first-order valence-corrected chi connectivity index (χ1v) is 7.70. The molecule has 0 unspecified atom stereocenters. The maximum Gasteiger partial charge on any atom is 0.335 e. The van der Waals surface area contributed by atoms with E-state index in [0.717, 1.165) is 5.69 Å². The van der Waals surface area contributed by atoms with Crippen molar-refractivity contribution in [3.8, 4) is 0 Å². The van der Waals surface area contributed by atoms with E-state index in [1.54, 1.807) is 12.3 Å². The van der Waals surface area contributed by atoms with Crippen molar-refractivity contribution < 1.29 is 14.7 Å². The van der Waals surface area contributed by atoms with Crippen LogP contribution in [-0.2, 0) is 0 Å². The minimum absolute atomic E-state index is 0.147. The lowest BCUT2D eigenvalue weighted by Crippen LogP contribution is -2.01. The van der Waals surface area contributed by atoms with Gasteiger partial charge in [-0.15, -0.1) is 11.3 Å². The Balaban J connectivity index is 2.02. The van der Waals surface area contributed by atoms with E-state index in [2.05, 4.69) is 9.97 Å². The van der Waals surface area contributed by atoms with Crippen LogP contribution >= 0.6 is 11.3 Å². The summed E-state index contributed by atoms with van der Waals surface area (Å²) in [5.74, 6) is -0.865. The molecule has 6 heteroatoms. The van der Waals surface area contributed by atoms with Gasteiger partial charge in [-0.3, -0.25) is 4.79 Å². The van der Waals surface area contributed by atoms with Crippen LogP contribution < -0.4 is 0 Å². The number of H-pyrrole nitrogens is 1. The monoisotopic (exact) mass is 314 g/mol. The maximum atomic E-state index is 12.6. The number of carbonyl (C=O) groups excluding carboxylic acids is 1. The summed E-state index contributed by atoms with van der Waals surface area (Å²) in [4.78, 5) is 30.9. The number of aromatic nitrogens is 2. The predicted molar refractivity (Wildman–Crippen MR) is 84.9 cm³/mol. The second-order valence-electron chi connectivity index (χ2n) is 5.33. The molecule has 2 heterocycles. The quantitative estimate of drug-likeness (QED) is 0.720. The van der Waals surface area contributed by atoms with Crippen molar-refractivity contribution >= 4 is 34.0 Å². The summed E-state index contributed by atoms with van der Waals surface area (Å²) in [7, 11) is 0. The number of ketones is 1. The SMILES string of the molecule is CC(C)c1csc(C(=O)c2c[nH]c3cc(C(=O)O)ccc23)n1. The van der Waals surface area contributed by atoms with E-state index < -0.39 is 5.97 Å². The smallest absolute Gasteiger partial charge is 0.335 e. The first-order chi connectivity index (χ1) is 10.5. The van der Waals surface area contributed by atoms with Gasteiger partial charge in [0.25, 0.3) is 0 Å². The summed E-state index contributed by atoms with van der Waals surface area (Å²) in [5, 5.41) is 12.1. The van der Waals surface area contributed by atoms with Crippen molar-refractivity contribution in [1.29, 1.82) is 0 Å². The second-order valence-corrected chi connectivity index (χ2v) is 6.19. The van der Waals surface area contributed by atoms with Crippen LogP contribution in [0.15, 0.2) is 29.8 Å². The van der Waals surface area contributed by atoms with Crippen molar-refractivity contribution in [2.45, 2.75) is 19.8 Å². The van der Waals surface area contributed by atoms with Gasteiger partial charge in [-0.1, -0.05) is 19.9 Å². The van der Waals surface area contributed by atoms with Crippen molar-refractivity contribution in [3.05, 3.63) is 51.6 Å². The molecular weight excluding hydrogens is 300 g/mol.